The smallest absolute Gasteiger partial charge is 0.431 e. The molecule has 0 atom stereocenters. The Kier molecular flexibility index (Phi) is 5.53. The maximum atomic E-state index is 11.6. The van der Waals surface area contributed by atoms with E-state index < -0.39 is 18.9 Å². The minimum absolute atomic E-state index is 0.110. The average molecular weight is 266 g/mol. The molecule has 0 aliphatic carbocycles. The Morgan fingerprint density at radius 3 is 2.53 bits per heavy atom. The highest BCUT2D eigenvalue weighted by Crippen LogP contribution is 2.08. The van der Waals surface area contributed by atoms with Gasteiger partial charge in [0.25, 0.3) is 0 Å². The van der Waals surface area contributed by atoms with Crippen LogP contribution in [0.25, 0.3) is 0 Å². The maximum absolute atomic E-state index is 11.6. The molecule has 0 amide bonds. The van der Waals surface area contributed by atoms with Gasteiger partial charge in [0.15, 0.2) is 6.29 Å². The van der Waals surface area contributed by atoms with E-state index in [2.05, 4.69) is 9.47 Å². The Morgan fingerprint density at radius 1 is 1.21 bits per heavy atom. The van der Waals surface area contributed by atoms with Crippen LogP contribution in [0.15, 0.2) is 24.3 Å². The lowest BCUT2D eigenvalue weighted by atomic mass is 10.1. The van der Waals surface area contributed by atoms with Crippen LogP contribution in [0, 0.1) is 0 Å². The van der Waals surface area contributed by atoms with E-state index in [1.165, 1.54) is 12.1 Å². The molecule has 0 aromatic heterocycles. The van der Waals surface area contributed by atoms with Crippen LogP contribution in [0.1, 0.15) is 34.6 Å². The topological polar surface area (TPSA) is 78.9 Å². The summed E-state index contributed by atoms with van der Waals surface area (Å²) in [6.45, 7) is 2.75. The molecular formula is C13H14O6. The summed E-state index contributed by atoms with van der Waals surface area (Å²) in [5, 5.41) is 0. The van der Waals surface area contributed by atoms with Crippen molar-refractivity contribution >= 4 is 18.4 Å². The van der Waals surface area contributed by atoms with Crippen molar-refractivity contribution in [2.24, 2.45) is 0 Å². The Bertz CT molecular complexity index is 466. The molecule has 0 spiro atoms. The van der Waals surface area contributed by atoms with Crippen molar-refractivity contribution in [1.82, 2.24) is 0 Å². The fourth-order valence-electron chi connectivity index (χ4n) is 1.22. The Hall–Kier alpha value is -2.37. The van der Waals surface area contributed by atoms with Crippen molar-refractivity contribution in [3.8, 4) is 0 Å². The van der Waals surface area contributed by atoms with Crippen LogP contribution in [0.5, 0.6) is 0 Å². The van der Waals surface area contributed by atoms with Crippen LogP contribution in [0.2, 0.25) is 0 Å². The third-order valence-electron chi connectivity index (χ3n) is 2.01. The van der Waals surface area contributed by atoms with Crippen LogP contribution in [-0.4, -0.2) is 31.3 Å². The second-order valence-electron chi connectivity index (χ2n) is 3.82. The van der Waals surface area contributed by atoms with Crippen LogP contribution in [0.3, 0.4) is 0 Å². The molecule has 0 aliphatic heterocycles. The fourth-order valence-corrected chi connectivity index (χ4v) is 1.22. The van der Waals surface area contributed by atoms with E-state index in [0.29, 0.717) is 6.29 Å². The van der Waals surface area contributed by atoms with Crippen LogP contribution in [0.4, 0.5) is 4.79 Å². The van der Waals surface area contributed by atoms with E-state index in [9.17, 15) is 14.4 Å². The van der Waals surface area contributed by atoms with Gasteiger partial charge in [-0.3, -0.25) is 4.79 Å². The lowest BCUT2D eigenvalue weighted by Gasteiger charge is -2.09. The molecule has 0 heterocycles. The number of rotatable bonds is 5. The number of carbonyl (C=O) groups is 3. The number of hydrogen-bond donors (Lipinski definition) is 0. The SMILES string of the molecule is CC(C)OC(=O)OCOC(=O)c1ccccc1C=O. The molecule has 0 saturated carbocycles. The summed E-state index contributed by atoms with van der Waals surface area (Å²) in [5.41, 5.74) is 0.315. The summed E-state index contributed by atoms with van der Waals surface area (Å²) in [6, 6.07) is 6.14. The summed E-state index contributed by atoms with van der Waals surface area (Å²) in [5.74, 6) is -0.750. The first-order valence-electron chi connectivity index (χ1n) is 5.59. The minimum atomic E-state index is -0.925. The molecule has 0 N–H and O–H groups in total. The number of aldehydes is 1. The highest BCUT2D eigenvalue weighted by Gasteiger charge is 2.13. The van der Waals surface area contributed by atoms with Gasteiger partial charge in [0.2, 0.25) is 6.79 Å². The van der Waals surface area contributed by atoms with Crippen molar-refractivity contribution in [1.29, 1.82) is 0 Å². The van der Waals surface area contributed by atoms with Crippen molar-refractivity contribution in [2.45, 2.75) is 20.0 Å². The molecule has 0 bridgehead atoms. The molecule has 19 heavy (non-hydrogen) atoms. The van der Waals surface area contributed by atoms with Gasteiger partial charge in [-0.1, -0.05) is 18.2 Å². The highest BCUT2D eigenvalue weighted by molar-refractivity contribution is 5.98. The van der Waals surface area contributed by atoms with Crippen molar-refractivity contribution in [2.75, 3.05) is 6.79 Å². The molecule has 0 unspecified atom stereocenters. The Morgan fingerprint density at radius 2 is 1.89 bits per heavy atom. The summed E-state index contributed by atoms with van der Waals surface area (Å²) < 4.78 is 13.9. The molecule has 0 saturated heterocycles. The molecule has 6 heteroatoms. The van der Waals surface area contributed by atoms with Crippen LogP contribution in [-0.2, 0) is 14.2 Å². The van der Waals surface area contributed by atoms with Gasteiger partial charge < -0.3 is 14.2 Å². The normalized spacial score (nSPS) is 9.84. The highest BCUT2D eigenvalue weighted by atomic mass is 16.8. The molecule has 6 nitrogen and oxygen atoms in total. The van der Waals surface area contributed by atoms with Gasteiger partial charge in [0.05, 0.1) is 11.7 Å². The summed E-state index contributed by atoms with van der Waals surface area (Å²) >= 11 is 0. The molecule has 0 aliphatic rings. The standard InChI is InChI=1S/C13H14O6/c1-9(2)19-13(16)18-8-17-12(15)11-6-4-3-5-10(11)7-14/h3-7,9H,8H2,1-2H3. The zero-order chi connectivity index (χ0) is 14.3. The van der Waals surface area contributed by atoms with E-state index in [4.69, 9.17) is 4.74 Å². The molecule has 1 aromatic rings. The van der Waals surface area contributed by atoms with Gasteiger partial charge in [0.1, 0.15) is 0 Å². The second-order valence-corrected chi connectivity index (χ2v) is 3.82. The Balaban J connectivity index is 2.48. The first-order valence-corrected chi connectivity index (χ1v) is 5.59. The Labute approximate surface area is 110 Å². The van der Waals surface area contributed by atoms with E-state index in [0.717, 1.165) is 0 Å². The van der Waals surface area contributed by atoms with E-state index in [1.807, 2.05) is 0 Å². The monoisotopic (exact) mass is 266 g/mol. The number of ether oxygens (including phenoxy) is 3. The summed E-state index contributed by atoms with van der Waals surface area (Å²) in [4.78, 5) is 33.3. The number of hydrogen-bond acceptors (Lipinski definition) is 6. The van der Waals surface area contributed by atoms with Crippen LogP contribution >= 0.6 is 0 Å². The summed E-state index contributed by atoms with van der Waals surface area (Å²) in [6.07, 6.45) is -0.699. The van der Waals surface area contributed by atoms with Crippen molar-refractivity contribution < 1.29 is 28.6 Å². The van der Waals surface area contributed by atoms with E-state index in [1.54, 1.807) is 26.0 Å². The molecule has 1 rings (SSSR count). The zero-order valence-corrected chi connectivity index (χ0v) is 10.6. The lowest BCUT2D eigenvalue weighted by Crippen LogP contribution is -2.17. The molecular weight excluding hydrogens is 252 g/mol. The van der Waals surface area contributed by atoms with Gasteiger partial charge in [0, 0.05) is 5.56 Å². The lowest BCUT2D eigenvalue weighted by molar-refractivity contribution is -0.0345. The number of carbonyl (C=O) groups excluding carboxylic acids is 3. The third kappa shape index (κ3) is 4.79. The van der Waals surface area contributed by atoms with Gasteiger partial charge in [-0.2, -0.15) is 0 Å². The average Bonchev–Trinajstić information content (AvgIpc) is 2.37. The molecule has 0 radical (unpaired) electrons. The minimum Gasteiger partial charge on any atom is -0.431 e. The van der Waals surface area contributed by atoms with Gasteiger partial charge in [-0.05, 0) is 19.9 Å². The van der Waals surface area contributed by atoms with E-state index >= 15 is 0 Å². The van der Waals surface area contributed by atoms with Crippen molar-refractivity contribution in [3.05, 3.63) is 35.4 Å². The fraction of sp³-hybridized carbons (Fsp3) is 0.308. The van der Waals surface area contributed by atoms with Crippen molar-refractivity contribution in [3.63, 3.8) is 0 Å². The van der Waals surface area contributed by atoms with Gasteiger partial charge in [-0.25, -0.2) is 9.59 Å². The largest absolute Gasteiger partial charge is 0.511 e. The number of esters is 1. The van der Waals surface area contributed by atoms with Gasteiger partial charge in [-0.15, -0.1) is 0 Å². The first kappa shape index (κ1) is 14.7. The molecule has 1 aromatic carbocycles. The zero-order valence-electron chi connectivity index (χ0n) is 10.6. The predicted octanol–water partition coefficient (Wildman–Crippen LogP) is 2.17. The van der Waals surface area contributed by atoms with Gasteiger partial charge >= 0.3 is 12.1 Å². The molecule has 102 valence electrons. The maximum Gasteiger partial charge on any atom is 0.511 e. The number of benzene rings is 1. The first-order chi connectivity index (χ1) is 9.04. The second kappa shape index (κ2) is 7.15. The van der Waals surface area contributed by atoms with Crippen LogP contribution < -0.4 is 0 Å². The predicted molar refractivity (Wildman–Crippen MR) is 64.8 cm³/mol. The van der Waals surface area contributed by atoms with E-state index in [-0.39, 0.29) is 17.2 Å². The quantitative estimate of drug-likeness (QED) is 0.461. The summed E-state index contributed by atoms with van der Waals surface area (Å²) in [7, 11) is 0. The third-order valence-corrected chi connectivity index (χ3v) is 2.01. The molecule has 0 fully saturated rings.